The first kappa shape index (κ1) is 21.1. The summed E-state index contributed by atoms with van der Waals surface area (Å²) in [5.74, 6) is 1.81. The maximum Gasteiger partial charge on any atom is 0.194 e. The molecular formula is C21H31N5O3. The Morgan fingerprint density at radius 1 is 1.21 bits per heavy atom. The Hall–Kier alpha value is -2.58. The lowest BCUT2D eigenvalue weighted by Gasteiger charge is -2.36. The molecule has 1 aromatic heterocycles. The van der Waals surface area contributed by atoms with Gasteiger partial charge in [0.15, 0.2) is 5.96 Å². The zero-order valence-corrected chi connectivity index (χ0v) is 17.3. The van der Waals surface area contributed by atoms with E-state index in [1.807, 2.05) is 25.2 Å². The van der Waals surface area contributed by atoms with E-state index in [-0.39, 0.29) is 0 Å². The molecule has 2 heterocycles. The van der Waals surface area contributed by atoms with Gasteiger partial charge in [-0.15, -0.1) is 0 Å². The van der Waals surface area contributed by atoms with Crippen LogP contribution in [0.25, 0.3) is 0 Å². The van der Waals surface area contributed by atoms with Crippen LogP contribution in [0.5, 0.6) is 5.75 Å². The topological polar surface area (TPSA) is 75.4 Å². The van der Waals surface area contributed by atoms with E-state index >= 15 is 0 Å². The number of nitrogens with one attached hydrogen (secondary N) is 1. The number of piperazine rings is 1. The van der Waals surface area contributed by atoms with Crippen LogP contribution in [-0.2, 0) is 17.8 Å². The molecule has 29 heavy (non-hydrogen) atoms. The monoisotopic (exact) mass is 401 g/mol. The quantitative estimate of drug-likeness (QED) is 0.391. The molecule has 0 amide bonds. The van der Waals surface area contributed by atoms with Gasteiger partial charge in [0.1, 0.15) is 12.0 Å². The molecule has 0 atom stereocenters. The Labute approximate surface area is 172 Å². The number of guanidine groups is 1. The lowest BCUT2D eigenvalue weighted by molar-refractivity contribution is 0.169. The number of aliphatic imine (C=N–C) groups is 1. The van der Waals surface area contributed by atoms with Crippen LogP contribution in [0, 0.1) is 0 Å². The van der Waals surface area contributed by atoms with Crippen molar-refractivity contribution in [2.24, 2.45) is 4.99 Å². The van der Waals surface area contributed by atoms with E-state index in [4.69, 9.17) is 14.0 Å². The first-order valence-electron chi connectivity index (χ1n) is 10.1. The molecule has 1 fully saturated rings. The molecule has 1 saturated heterocycles. The second-order valence-corrected chi connectivity index (χ2v) is 7.00. The van der Waals surface area contributed by atoms with Crippen molar-refractivity contribution in [3.63, 3.8) is 0 Å². The predicted octanol–water partition coefficient (Wildman–Crippen LogP) is 1.98. The fourth-order valence-corrected chi connectivity index (χ4v) is 3.32. The van der Waals surface area contributed by atoms with Crippen LogP contribution in [0.1, 0.15) is 17.7 Å². The van der Waals surface area contributed by atoms with E-state index in [0.717, 1.165) is 56.5 Å². The fraction of sp³-hybridized carbons (Fsp3) is 0.524. The van der Waals surface area contributed by atoms with Gasteiger partial charge in [-0.25, -0.2) is 0 Å². The van der Waals surface area contributed by atoms with Gasteiger partial charge in [0.25, 0.3) is 0 Å². The van der Waals surface area contributed by atoms with Crippen LogP contribution >= 0.6 is 0 Å². The van der Waals surface area contributed by atoms with Crippen molar-refractivity contribution in [3.8, 4) is 5.75 Å². The Kier molecular flexibility index (Phi) is 8.33. The number of aromatic nitrogens is 1. The normalized spacial score (nSPS) is 15.5. The van der Waals surface area contributed by atoms with Crippen molar-refractivity contribution < 1.29 is 14.0 Å². The highest BCUT2D eigenvalue weighted by Crippen LogP contribution is 2.14. The van der Waals surface area contributed by atoms with Crippen molar-refractivity contribution in [2.75, 3.05) is 53.6 Å². The second-order valence-electron chi connectivity index (χ2n) is 7.00. The van der Waals surface area contributed by atoms with Gasteiger partial charge in [0.2, 0.25) is 0 Å². The van der Waals surface area contributed by atoms with E-state index in [0.29, 0.717) is 19.8 Å². The number of hydrogen-bond donors (Lipinski definition) is 1. The molecule has 8 nitrogen and oxygen atoms in total. The van der Waals surface area contributed by atoms with E-state index in [1.54, 1.807) is 13.4 Å². The number of ether oxygens (including phenoxy) is 2. The highest BCUT2D eigenvalue weighted by atomic mass is 16.5. The first-order chi connectivity index (χ1) is 14.3. The largest absolute Gasteiger partial charge is 0.493 e. The first-order valence-corrected chi connectivity index (χ1v) is 10.1. The zero-order chi connectivity index (χ0) is 20.3. The number of benzene rings is 1. The number of rotatable bonds is 9. The standard InChI is InChI=1S/C21H31N5O3/c1-22-21(26-10-8-25(9-11-26)17-19-7-14-29-24-19)23-16-18-5-3-6-20(15-18)28-13-4-12-27-2/h3,5-7,14-15H,4,8-13,16-17H2,1-2H3,(H,22,23). The van der Waals surface area contributed by atoms with Crippen LogP contribution in [0.4, 0.5) is 0 Å². The van der Waals surface area contributed by atoms with Crippen LogP contribution in [-0.4, -0.2) is 74.5 Å². The molecule has 0 unspecified atom stereocenters. The third-order valence-electron chi connectivity index (χ3n) is 4.87. The number of hydrogen-bond acceptors (Lipinski definition) is 6. The van der Waals surface area contributed by atoms with Gasteiger partial charge in [-0.05, 0) is 17.7 Å². The summed E-state index contributed by atoms with van der Waals surface area (Å²) in [6, 6.07) is 10.1. The van der Waals surface area contributed by atoms with Crippen molar-refractivity contribution in [3.05, 3.63) is 47.9 Å². The molecule has 3 rings (SSSR count). The minimum Gasteiger partial charge on any atom is -0.493 e. The van der Waals surface area contributed by atoms with Gasteiger partial charge in [0, 0.05) is 72.5 Å². The Bertz CT molecular complexity index is 743. The molecule has 0 spiro atoms. The summed E-state index contributed by atoms with van der Waals surface area (Å²) in [5, 5.41) is 7.47. The SMILES string of the molecule is CN=C(NCc1cccc(OCCCOC)c1)N1CCN(Cc2ccon2)CC1. The lowest BCUT2D eigenvalue weighted by Crippen LogP contribution is -2.52. The molecule has 1 aromatic carbocycles. The molecule has 0 radical (unpaired) electrons. The van der Waals surface area contributed by atoms with Gasteiger partial charge in [-0.2, -0.15) is 0 Å². The van der Waals surface area contributed by atoms with Crippen LogP contribution in [0.2, 0.25) is 0 Å². The molecule has 158 valence electrons. The average molecular weight is 402 g/mol. The van der Waals surface area contributed by atoms with Gasteiger partial charge in [-0.1, -0.05) is 17.3 Å². The molecule has 0 bridgehead atoms. The molecule has 1 N–H and O–H groups in total. The summed E-state index contributed by atoms with van der Waals surface area (Å²) < 4.78 is 15.8. The van der Waals surface area contributed by atoms with E-state index in [1.165, 1.54) is 5.56 Å². The summed E-state index contributed by atoms with van der Waals surface area (Å²) in [7, 11) is 3.54. The maximum atomic E-state index is 5.79. The van der Waals surface area contributed by atoms with Crippen molar-refractivity contribution in [1.82, 2.24) is 20.3 Å². The summed E-state index contributed by atoms with van der Waals surface area (Å²) in [6.45, 7) is 6.71. The zero-order valence-electron chi connectivity index (χ0n) is 17.3. The Balaban J connectivity index is 1.43. The summed E-state index contributed by atoms with van der Waals surface area (Å²) >= 11 is 0. The van der Waals surface area contributed by atoms with Crippen molar-refractivity contribution >= 4 is 5.96 Å². The molecule has 0 saturated carbocycles. The molecule has 8 heteroatoms. The van der Waals surface area contributed by atoms with Crippen LogP contribution < -0.4 is 10.1 Å². The van der Waals surface area contributed by atoms with Crippen LogP contribution in [0.3, 0.4) is 0 Å². The predicted molar refractivity (Wildman–Crippen MR) is 112 cm³/mol. The number of nitrogens with zero attached hydrogens (tertiary/aromatic N) is 4. The van der Waals surface area contributed by atoms with E-state index < -0.39 is 0 Å². The van der Waals surface area contributed by atoms with Crippen molar-refractivity contribution in [1.29, 1.82) is 0 Å². The third-order valence-corrected chi connectivity index (χ3v) is 4.87. The highest BCUT2D eigenvalue weighted by molar-refractivity contribution is 5.80. The fourth-order valence-electron chi connectivity index (χ4n) is 3.32. The third kappa shape index (κ3) is 6.76. The molecular weight excluding hydrogens is 370 g/mol. The Morgan fingerprint density at radius 2 is 2.07 bits per heavy atom. The number of methoxy groups -OCH3 is 1. The summed E-state index contributed by atoms with van der Waals surface area (Å²) in [5.41, 5.74) is 2.14. The van der Waals surface area contributed by atoms with Gasteiger partial charge in [0.05, 0.1) is 12.3 Å². The van der Waals surface area contributed by atoms with Crippen molar-refractivity contribution in [2.45, 2.75) is 19.5 Å². The van der Waals surface area contributed by atoms with E-state index in [9.17, 15) is 0 Å². The maximum absolute atomic E-state index is 5.79. The summed E-state index contributed by atoms with van der Waals surface area (Å²) in [6.07, 6.45) is 2.51. The second kappa shape index (κ2) is 11.4. The molecule has 2 aromatic rings. The minimum absolute atomic E-state index is 0.658. The molecule has 0 aliphatic carbocycles. The molecule has 1 aliphatic heterocycles. The highest BCUT2D eigenvalue weighted by Gasteiger charge is 2.20. The minimum atomic E-state index is 0.658. The molecule has 1 aliphatic rings. The smallest absolute Gasteiger partial charge is 0.194 e. The lowest BCUT2D eigenvalue weighted by atomic mass is 10.2. The van der Waals surface area contributed by atoms with Gasteiger partial charge < -0.3 is 24.2 Å². The van der Waals surface area contributed by atoms with Gasteiger partial charge >= 0.3 is 0 Å². The van der Waals surface area contributed by atoms with Gasteiger partial charge in [-0.3, -0.25) is 9.89 Å². The average Bonchev–Trinajstić information content (AvgIpc) is 3.26. The van der Waals surface area contributed by atoms with Crippen LogP contribution in [0.15, 0.2) is 46.1 Å². The summed E-state index contributed by atoms with van der Waals surface area (Å²) in [4.78, 5) is 9.14. The Morgan fingerprint density at radius 3 is 2.79 bits per heavy atom. The van der Waals surface area contributed by atoms with E-state index in [2.05, 4.69) is 37.4 Å².